The summed E-state index contributed by atoms with van der Waals surface area (Å²) in [4.78, 5) is 0. The van der Waals surface area contributed by atoms with E-state index in [9.17, 15) is 0 Å². The van der Waals surface area contributed by atoms with Crippen LogP contribution in [0.5, 0.6) is 0 Å². The zero-order chi connectivity index (χ0) is 8.69. The number of nitrogens with one attached hydrogen (secondary N) is 3. The van der Waals surface area contributed by atoms with Gasteiger partial charge in [0.2, 0.25) is 0 Å². The summed E-state index contributed by atoms with van der Waals surface area (Å²) in [5.74, 6) is 0.223. The Morgan fingerprint density at radius 1 is 1.73 bits per heavy atom. The largest absolute Gasteiger partial charge is 0.354 e. The fraction of sp³-hybridized carbons (Fsp3) is 0.714. The Morgan fingerprint density at radius 2 is 2.36 bits per heavy atom. The zero-order valence-corrected chi connectivity index (χ0v) is 6.94. The Balaban J connectivity index is 3.45. The second kappa shape index (κ2) is 5.54. The standard InChI is InChI=1S/C7H14N4/c1-3-6(2)11-7(9)10-5-4-8/h6H,3,5H2,1-2H3,(H3,9,10,11). The average molecular weight is 154 g/mol. The van der Waals surface area contributed by atoms with Crippen LogP contribution >= 0.6 is 0 Å². The first-order chi connectivity index (χ1) is 5.20. The molecule has 0 bridgehead atoms. The number of guanidine groups is 1. The zero-order valence-electron chi connectivity index (χ0n) is 6.94. The van der Waals surface area contributed by atoms with E-state index in [2.05, 4.69) is 10.6 Å². The van der Waals surface area contributed by atoms with Crippen molar-refractivity contribution in [3.63, 3.8) is 0 Å². The van der Waals surface area contributed by atoms with Crippen LogP contribution in [-0.4, -0.2) is 18.5 Å². The van der Waals surface area contributed by atoms with E-state index in [1.165, 1.54) is 0 Å². The molecule has 0 saturated carbocycles. The Labute approximate surface area is 67.1 Å². The minimum Gasteiger partial charge on any atom is -0.354 e. The number of hydrogen-bond acceptors (Lipinski definition) is 2. The maximum Gasteiger partial charge on any atom is 0.189 e. The number of rotatable bonds is 3. The van der Waals surface area contributed by atoms with Gasteiger partial charge < -0.3 is 10.6 Å². The van der Waals surface area contributed by atoms with Gasteiger partial charge in [0, 0.05) is 6.04 Å². The molecule has 62 valence electrons. The Hall–Kier alpha value is -1.24. The first-order valence-corrected chi connectivity index (χ1v) is 3.66. The first-order valence-electron chi connectivity index (χ1n) is 3.66. The van der Waals surface area contributed by atoms with Gasteiger partial charge >= 0.3 is 0 Å². The third-order valence-corrected chi connectivity index (χ3v) is 1.35. The second-order valence-electron chi connectivity index (χ2n) is 2.34. The summed E-state index contributed by atoms with van der Waals surface area (Å²) in [6.45, 7) is 4.21. The van der Waals surface area contributed by atoms with E-state index in [0.29, 0.717) is 0 Å². The predicted molar refractivity (Wildman–Crippen MR) is 44.2 cm³/mol. The van der Waals surface area contributed by atoms with Crippen LogP contribution in [0.1, 0.15) is 20.3 Å². The molecule has 0 heterocycles. The van der Waals surface area contributed by atoms with Gasteiger partial charge in [0.15, 0.2) is 5.96 Å². The van der Waals surface area contributed by atoms with Gasteiger partial charge in [-0.15, -0.1) is 0 Å². The van der Waals surface area contributed by atoms with E-state index < -0.39 is 0 Å². The van der Waals surface area contributed by atoms with E-state index >= 15 is 0 Å². The summed E-state index contributed by atoms with van der Waals surface area (Å²) in [5.41, 5.74) is 0. The van der Waals surface area contributed by atoms with E-state index in [1.807, 2.05) is 19.9 Å². The van der Waals surface area contributed by atoms with Gasteiger partial charge in [-0.25, -0.2) is 0 Å². The molecule has 3 N–H and O–H groups in total. The van der Waals surface area contributed by atoms with Crippen LogP contribution in [0.15, 0.2) is 0 Å². The van der Waals surface area contributed by atoms with E-state index in [-0.39, 0.29) is 18.5 Å². The van der Waals surface area contributed by atoms with Gasteiger partial charge in [0.05, 0.1) is 6.07 Å². The predicted octanol–water partition coefficient (Wildman–Crippen LogP) is 0.422. The molecule has 1 unspecified atom stereocenters. The quantitative estimate of drug-likeness (QED) is 0.313. The average Bonchev–Trinajstić information content (AvgIpc) is 2.00. The lowest BCUT2D eigenvalue weighted by atomic mass is 10.3. The second-order valence-corrected chi connectivity index (χ2v) is 2.34. The monoisotopic (exact) mass is 154 g/mol. The third-order valence-electron chi connectivity index (χ3n) is 1.35. The summed E-state index contributed by atoms with van der Waals surface area (Å²) in [6, 6.07) is 2.18. The molecule has 0 aromatic carbocycles. The Kier molecular flexibility index (Phi) is 4.91. The summed E-state index contributed by atoms with van der Waals surface area (Å²) in [6.07, 6.45) is 0.969. The van der Waals surface area contributed by atoms with Gasteiger partial charge in [-0.3, -0.25) is 5.41 Å². The fourth-order valence-electron chi connectivity index (χ4n) is 0.527. The summed E-state index contributed by atoms with van der Waals surface area (Å²) in [5, 5.41) is 20.9. The lowest BCUT2D eigenvalue weighted by Gasteiger charge is -2.13. The van der Waals surface area contributed by atoms with E-state index in [1.54, 1.807) is 0 Å². The molecule has 1 atom stereocenters. The smallest absolute Gasteiger partial charge is 0.189 e. The maximum absolute atomic E-state index is 8.17. The number of nitriles is 1. The minimum atomic E-state index is 0.183. The molecule has 4 heteroatoms. The minimum absolute atomic E-state index is 0.183. The molecule has 0 aliphatic heterocycles. The van der Waals surface area contributed by atoms with Gasteiger partial charge in [-0.2, -0.15) is 5.26 Å². The molecule has 4 nitrogen and oxygen atoms in total. The molecular weight excluding hydrogens is 140 g/mol. The molecule has 0 amide bonds. The SMILES string of the molecule is CCC(C)NC(=N)NCC#N. The van der Waals surface area contributed by atoms with Crippen molar-refractivity contribution in [1.29, 1.82) is 10.7 Å². The fourth-order valence-corrected chi connectivity index (χ4v) is 0.527. The van der Waals surface area contributed by atoms with Crippen molar-refractivity contribution in [1.82, 2.24) is 10.6 Å². The van der Waals surface area contributed by atoms with Gasteiger partial charge in [0.1, 0.15) is 6.54 Å². The van der Waals surface area contributed by atoms with Crippen LogP contribution in [0, 0.1) is 16.7 Å². The summed E-state index contributed by atoms with van der Waals surface area (Å²) in [7, 11) is 0. The van der Waals surface area contributed by atoms with Gasteiger partial charge in [-0.1, -0.05) is 6.92 Å². The molecule has 0 aromatic rings. The van der Waals surface area contributed by atoms with Crippen molar-refractivity contribution in [2.45, 2.75) is 26.3 Å². The Bertz CT molecular complexity index is 158. The highest BCUT2D eigenvalue weighted by molar-refractivity contribution is 5.76. The first kappa shape index (κ1) is 9.76. The molecule has 0 spiro atoms. The topological polar surface area (TPSA) is 71.7 Å². The van der Waals surface area contributed by atoms with Crippen LogP contribution in [0.4, 0.5) is 0 Å². The molecule has 0 fully saturated rings. The van der Waals surface area contributed by atoms with E-state index in [0.717, 1.165) is 6.42 Å². The number of nitrogens with zero attached hydrogens (tertiary/aromatic N) is 1. The third kappa shape index (κ3) is 5.22. The van der Waals surface area contributed by atoms with Crippen LogP contribution < -0.4 is 10.6 Å². The highest BCUT2D eigenvalue weighted by Crippen LogP contribution is 1.85. The summed E-state index contributed by atoms with van der Waals surface area (Å²) >= 11 is 0. The number of hydrogen-bond donors (Lipinski definition) is 3. The van der Waals surface area contributed by atoms with Crippen molar-refractivity contribution >= 4 is 5.96 Å². The van der Waals surface area contributed by atoms with Crippen LogP contribution in [0.2, 0.25) is 0 Å². The molecule has 11 heavy (non-hydrogen) atoms. The maximum atomic E-state index is 8.17. The van der Waals surface area contributed by atoms with Crippen molar-refractivity contribution in [3.8, 4) is 6.07 Å². The molecule has 0 aromatic heterocycles. The lowest BCUT2D eigenvalue weighted by Crippen LogP contribution is -2.41. The molecule has 0 saturated heterocycles. The Morgan fingerprint density at radius 3 is 2.82 bits per heavy atom. The summed E-state index contributed by atoms with van der Waals surface area (Å²) < 4.78 is 0. The molecule has 0 rings (SSSR count). The molecule has 0 aliphatic carbocycles. The highest BCUT2D eigenvalue weighted by Gasteiger charge is 1.98. The van der Waals surface area contributed by atoms with Gasteiger partial charge in [-0.05, 0) is 13.3 Å². The normalized spacial score (nSPS) is 11.4. The van der Waals surface area contributed by atoms with Gasteiger partial charge in [0.25, 0.3) is 0 Å². The molecule has 0 radical (unpaired) electrons. The highest BCUT2D eigenvalue weighted by atomic mass is 15.1. The molecule has 0 aliphatic rings. The van der Waals surface area contributed by atoms with Crippen molar-refractivity contribution in [2.24, 2.45) is 0 Å². The van der Waals surface area contributed by atoms with E-state index in [4.69, 9.17) is 10.7 Å². The lowest BCUT2D eigenvalue weighted by molar-refractivity contribution is 0.627. The van der Waals surface area contributed by atoms with Crippen molar-refractivity contribution in [2.75, 3.05) is 6.54 Å². The van der Waals surface area contributed by atoms with Crippen molar-refractivity contribution in [3.05, 3.63) is 0 Å². The van der Waals surface area contributed by atoms with Crippen molar-refractivity contribution < 1.29 is 0 Å². The van der Waals surface area contributed by atoms with Crippen LogP contribution in [0.3, 0.4) is 0 Å². The van der Waals surface area contributed by atoms with Crippen LogP contribution in [0.25, 0.3) is 0 Å². The van der Waals surface area contributed by atoms with Crippen LogP contribution in [-0.2, 0) is 0 Å². The molecular formula is C7H14N4.